The minimum atomic E-state index is -1.17. The van der Waals surface area contributed by atoms with Crippen LogP contribution in [-0.2, 0) is 0 Å². The van der Waals surface area contributed by atoms with Crippen LogP contribution in [0.4, 0.5) is 8.78 Å². The third kappa shape index (κ3) is 3.14. The first kappa shape index (κ1) is 13.2. The third-order valence-corrected chi connectivity index (χ3v) is 2.43. The predicted octanol–water partition coefficient (Wildman–Crippen LogP) is 3.57. The lowest BCUT2D eigenvalue weighted by atomic mass is 10.1. The van der Waals surface area contributed by atoms with Crippen molar-refractivity contribution in [1.29, 1.82) is 0 Å². The highest BCUT2D eigenvalue weighted by Crippen LogP contribution is 2.21. The zero-order valence-corrected chi connectivity index (χ0v) is 10.5. The molecule has 2 rings (SSSR count). The van der Waals surface area contributed by atoms with E-state index in [1.165, 1.54) is 0 Å². The van der Waals surface area contributed by atoms with E-state index >= 15 is 0 Å². The summed E-state index contributed by atoms with van der Waals surface area (Å²) in [5, 5.41) is 0. The fourth-order valence-corrected chi connectivity index (χ4v) is 1.53. The van der Waals surface area contributed by atoms with Gasteiger partial charge in [0.25, 0.3) is 5.95 Å². The quantitative estimate of drug-likeness (QED) is 0.608. The van der Waals surface area contributed by atoms with Crippen LogP contribution in [0, 0.1) is 23.6 Å². The van der Waals surface area contributed by atoms with Crippen LogP contribution in [0.5, 0.6) is 0 Å². The van der Waals surface area contributed by atoms with Gasteiger partial charge in [-0.15, -0.1) is 0 Å². The Hall–Kier alpha value is -2.28. The molecule has 0 unspecified atom stereocenters. The second-order valence-corrected chi connectivity index (χ2v) is 3.92. The number of hydrogen-bond donors (Lipinski definition) is 0. The summed E-state index contributed by atoms with van der Waals surface area (Å²) in [5.74, 6) is 3.24. The van der Waals surface area contributed by atoms with Crippen LogP contribution in [0.3, 0.4) is 0 Å². The van der Waals surface area contributed by atoms with Crippen LogP contribution in [-0.4, -0.2) is 9.97 Å². The number of unbranched alkanes of at least 4 members (excludes halogenated alkanes) is 1. The average molecular weight is 258 g/mol. The van der Waals surface area contributed by atoms with E-state index in [0.717, 1.165) is 6.42 Å². The predicted molar refractivity (Wildman–Crippen MR) is 69.2 cm³/mol. The Balaban J connectivity index is 2.47. The van der Waals surface area contributed by atoms with Crippen LogP contribution in [0.15, 0.2) is 30.3 Å². The summed E-state index contributed by atoms with van der Waals surface area (Å²) in [6, 6.07) is 8.58. The lowest BCUT2D eigenvalue weighted by molar-refractivity contribution is 0.475. The fourth-order valence-electron chi connectivity index (χ4n) is 1.53. The summed E-state index contributed by atoms with van der Waals surface area (Å²) in [4.78, 5) is 7.38. The average Bonchev–Trinajstić information content (AvgIpc) is 2.44. The first-order valence-electron chi connectivity index (χ1n) is 5.99. The maximum atomic E-state index is 13.7. The van der Waals surface area contributed by atoms with E-state index in [1.807, 2.05) is 6.92 Å². The van der Waals surface area contributed by atoms with Crippen LogP contribution < -0.4 is 0 Å². The van der Waals surface area contributed by atoms with Crippen LogP contribution >= 0.6 is 0 Å². The van der Waals surface area contributed by atoms with Crippen molar-refractivity contribution in [2.75, 3.05) is 0 Å². The molecular weight excluding hydrogens is 246 g/mol. The molecule has 0 radical (unpaired) electrons. The Morgan fingerprint density at radius 2 is 1.84 bits per heavy atom. The van der Waals surface area contributed by atoms with Crippen molar-refractivity contribution < 1.29 is 8.78 Å². The molecule has 0 aliphatic heterocycles. The minimum Gasteiger partial charge on any atom is -0.217 e. The van der Waals surface area contributed by atoms with Crippen molar-refractivity contribution in [2.45, 2.75) is 19.8 Å². The van der Waals surface area contributed by atoms with E-state index < -0.39 is 11.8 Å². The summed E-state index contributed by atoms with van der Waals surface area (Å²) in [7, 11) is 0. The molecule has 96 valence electrons. The Labute approximate surface area is 110 Å². The van der Waals surface area contributed by atoms with Crippen molar-refractivity contribution in [3.05, 3.63) is 47.9 Å². The highest BCUT2D eigenvalue weighted by Gasteiger charge is 2.14. The van der Waals surface area contributed by atoms with E-state index in [4.69, 9.17) is 0 Å². The third-order valence-electron chi connectivity index (χ3n) is 2.43. The zero-order chi connectivity index (χ0) is 13.7. The second kappa shape index (κ2) is 6.05. The zero-order valence-electron chi connectivity index (χ0n) is 10.5. The number of benzene rings is 1. The maximum absolute atomic E-state index is 13.7. The van der Waals surface area contributed by atoms with Gasteiger partial charge in [-0.05, 0) is 12.3 Å². The molecule has 2 nitrogen and oxygen atoms in total. The first-order valence-corrected chi connectivity index (χ1v) is 5.99. The molecule has 0 aliphatic carbocycles. The molecule has 0 saturated carbocycles. The minimum absolute atomic E-state index is 0.00574. The Kier molecular flexibility index (Phi) is 4.19. The molecule has 1 aromatic carbocycles. The molecule has 0 bridgehead atoms. The van der Waals surface area contributed by atoms with Crippen molar-refractivity contribution in [3.63, 3.8) is 0 Å². The highest BCUT2D eigenvalue weighted by atomic mass is 19.2. The number of nitrogens with zero attached hydrogens (tertiary/aromatic N) is 2. The lowest BCUT2D eigenvalue weighted by Crippen LogP contribution is -2.01. The van der Waals surface area contributed by atoms with Crippen LogP contribution in [0.2, 0.25) is 0 Å². The maximum Gasteiger partial charge on any atom is 0.253 e. The van der Waals surface area contributed by atoms with Gasteiger partial charge >= 0.3 is 0 Å². The monoisotopic (exact) mass is 258 g/mol. The Morgan fingerprint density at radius 1 is 1.11 bits per heavy atom. The van der Waals surface area contributed by atoms with E-state index in [1.54, 1.807) is 30.3 Å². The molecule has 0 spiro atoms. The van der Waals surface area contributed by atoms with Crippen molar-refractivity contribution in [3.8, 4) is 23.1 Å². The molecule has 0 aliphatic rings. The number of rotatable bonds is 2. The summed E-state index contributed by atoms with van der Waals surface area (Å²) in [6.07, 6.45) is 1.56. The standard InChI is InChI=1S/C15H12F2N2/c1-2-3-5-10-12-18-14(13(16)15(17)19-12)11-8-6-4-7-9-11/h4,6-9H,2-3H2,1H3. The number of halogens is 2. The highest BCUT2D eigenvalue weighted by molar-refractivity contribution is 5.59. The molecule has 2 aromatic rings. The molecule has 0 fully saturated rings. The number of aromatic nitrogens is 2. The molecule has 0 saturated heterocycles. The molecular formula is C15H12F2N2. The van der Waals surface area contributed by atoms with E-state index in [9.17, 15) is 8.78 Å². The van der Waals surface area contributed by atoms with E-state index in [0.29, 0.717) is 12.0 Å². The van der Waals surface area contributed by atoms with Crippen molar-refractivity contribution in [2.24, 2.45) is 0 Å². The van der Waals surface area contributed by atoms with Gasteiger partial charge in [0.05, 0.1) is 0 Å². The van der Waals surface area contributed by atoms with Gasteiger partial charge in [-0.25, -0.2) is 4.98 Å². The largest absolute Gasteiger partial charge is 0.253 e. The molecule has 1 heterocycles. The van der Waals surface area contributed by atoms with E-state index in [2.05, 4.69) is 21.8 Å². The second-order valence-electron chi connectivity index (χ2n) is 3.92. The molecule has 0 N–H and O–H groups in total. The summed E-state index contributed by atoms with van der Waals surface area (Å²) < 4.78 is 27.1. The van der Waals surface area contributed by atoms with Gasteiger partial charge in [0.1, 0.15) is 5.69 Å². The summed E-state index contributed by atoms with van der Waals surface area (Å²) in [6.45, 7) is 1.98. The smallest absolute Gasteiger partial charge is 0.217 e. The van der Waals surface area contributed by atoms with E-state index in [-0.39, 0.29) is 11.5 Å². The molecule has 4 heteroatoms. The van der Waals surface area contributed by atoms with Crippen molar-refractivity contribution >= 4 is 0 Å². The summed E-state index contributed by atoms with van der Waals surface area (Å²) in [5.41, 5.74) is 0.439. The van der Waals surface area contributed by atoms with Gasteiger partial charge < -0.3 is 0 Å². The van der Waals surface area contributed by atoms with Gasteiger partial charge in [0.15, 0.2) is 0 Å². The molecule has 1 aromatic heterocycles. The van der Waals surface area contributed by atoms with Crippen LogP contribution in [0.1, 0.15) is 25.6 Å². The van der Waals surface area contributed by atoms with Crippen molar-refractivity contribution in [1.82, 2.24) is 9.97 Å². The van der Waals surface area contributed by atoms with Gasteiger partial charge in [0.2, 0.25) is 11.6 Å². The Bertz CT molecular complexity index is 628. The first-order chi connectivity index (χ1) is 9.22. The fraction of sp³-hybridized carbons (Fsp3) is 0.200. The van der Waals surface area contributed by atoms with Gasteiger partial charge in [-0.3, -0.25) is 0 Å². The molecule has 19 heavy (non-hydrogen) atoms. The van der Waals surface area contributed by atoms with Crippen LogP contribution in [0.25, 0.3) is 11.3 Å². The Morgan fingerprint density at radius 3 is 2.53 bits per heavy atom. The van der Waals surface area contributed by atoms with Gasteiger partial charge in [0, 0.05) is 12.0 Å². The van der Waals surface area contributed by atoms with Gasteiger partial charge in [-0.1, -0.05) is 43.2 Å². The number of hydrogen-bond acceptors (Lipinski definition) is 2. The SMILES string of the molecule is CCCC#Cc1nc(F)c(F)c(-c2ccccc2)n1. The summed E-state index contributed by atoms with van der Waals surface area (Å²) >= 11 is 0. The normalized spacial score (nSPS) is 9.84. The molecule has 0 atom stereocenters. The molecule has 0 amide bonds. The lowest BCUT2D eigenvalue weighted by Gasteiger charge is -2.03. The topological polar surface area (TPSA) is 25.8 Å². The van der Waals surface area contributed by atoms with Gasteiger partial charge in [-0.2, -0.15) is 13.8 Å².